The Morgan fingerprint density at radius 1 is 1.05 bits per heavy atom. The van der Waals surface area contributed by atoms with Crippen LogP contribution in [0.5, 0.6) is 0 Å². The Kier molecular flexibility index (Phi) is 7.00. The average Bonchev–Trinajstić information content (AvgIpc) is 2.68. The van der Waals surface area contributed by atoms with Crippen molar-refractivity contribution in [1.29, 1.82) is 0 Å². The van der Waals surface area contributed by atoms with Crippen molar-refractivity contribution in [3.05, 3.63) is 28.1 Å². The Labute approximate surface area is 136 Å². The third-order valence-electron chi connectivity index (χ3n) is 4.89. The first-order valence-corrected chi connectivity index (χ1v) is 7.11. The molecule has 2 nitrogen and oxygen atoms in total. The number of hydrogen-bond donors (Lipinski definition) is 0. The standard InChI is InChI=1S/C16H26N2.2ClH/c1-7-18-10-8-9-16(18,6)15-12(3)11(2)13(4)17-14(15)5;;/h7-10H2,1-6H3;2*1H. The zero-order valence-electron chi connectivity index (χ0n) is 13.5. The monoisotopic (exact) mass is 318 g/mol. The molecule has 0 N–H and O–H groups in total. The number of hydrogen-bond acceptors (Lipinski definition) is 2. The van der Waals surface area contributed by atoms with Crippen LogP contribution in [0.15, 0.2) is 0 Å². The molecule has 1 unspecified atom stereocenters. The largest absolute Gasteiger partial charge is 0.294 e. The van der Waals surface area contributed by atoms with Crippen molar-refractivity contribution in [3.63, 3.8) is 0 Å². The summed E-state index contributed by atoms with van der Waals surface area (Å²) in [5, 5.41) is 0. The van der Waals surface area contributed by atoms with Gasteiger partial charge in [0.05, 0.1) is 0 Å². The van der Waals surface area contributed by atoms with Gasteiger partial charge in [-0.3, -0.25) is 9.88 Å². The molecule has 0 aliphatic carbocycles. The average molecular weight is 319 g/mol. The van der Waals surface area contributed by atoms with Crippen LogP contribution in [0.25, 0.3) is 0 Å². The number of aryl methyl sites for hydroxylation is 2. The fourth-order valence-corrected chi connectivity index (χ4v) is 3.72. The molecule has 0 bridgehead atoms. The van der Waals surface area contributed by atoms with Crippen LogP contribution in [-0.4, -0.2) is 23.0 Å². The van der Waals surface area contributed by atoms with Crippen LogP contribution in [0.4, 0.5) is 0 Å². The van der Waals surface area contributed by atoms with E-state index in [0.717, 1.165) is 6.54 Å². The van der Waals surface area contributed by atoms with Crippen molar-refractivity contribution in [1.82, 2.24) is 9.88 Å². The Bertz CT molecular complexity index is 474. The molecule has 1 aliphatic rings. The molecular weight excluding hydrogens is 291 g/mol. The van der Waals surface area contributed by atoms with Gasteiger partial charge in [0.2, 0.25) is 0 Å². The molecule has 0 aromatic carbocycles. The summed E-state index contributed by atoms with van der Waals surface area (Å²) in [5.41, 5.74) is 6.87. The van der Waals surface area contributed by atoms with Gasteiger partial charge in [-0.1, -0.05) is 6.92 Å². The zero-order chi connectivity index (χ0) is 13.5. The summed E-state index contributed by atoms with van der Waals surface area (Å²) >= 11 is 0. The first-order valence-electron chi connectivity index (χ1n) is 7.11. The normalized spacial score (nSPS) is 22.3. The van der Waals surface area contributed by atoms with Crippen molar-refractivity contribution < 1.29 is 0 Å². The molecule has 0 amide bonds. The lowest BCUT2D eigenvalue weighted by Crippen LogP contribution is -2.40. The highest BCUT2D eigenvalue weighted by Crippen LogP contribution is 2.41. The van der Waals surface area contributed by atoms with Gasteiger partial charge in [0.1, 0.15) is 0 Å². The SMILES string of the molecule is CCN1CCCC1(C)c1c(C)nc(C)c(C)c1C.Cl.Cl. The summed E-state index contributed by atoms with van der Waals surface area (Å²) in [7, 11) is 0. The van der Waals surface area contributed by atoms with Gasteiger partial charge < -0.3 is 0 Å². The molecule has 2 heterocycles. The number of halogens is 2. The smallest absolute Gasteiger partial charge is 0.0453 e. The molecule has 1 atom stereocenters. The Balaban J connectivity index is 0.00000180. The second-order valence-electron chi connectivity index (χ2n) is 5.86. The Morgan fingerprint density at radius 3 is 2.20 bits per heavy atom. The quantitative estimate of drug-likeness (QED) is 0.798. The van der Waals surface area contributed by atoms with Gasteiger partial charge in [-0.2, -0.15) is 0 Å². The van der Waals surface area contributed by atoms with E-state index in [1.807, 2.05) is 0 Å². The van der Waals surface area contributed by atoms with E-state index in [1.54, 1.807) is 0 Å². The number of pyridine rings is 1. The van der Waals surface area contributed by atoms with Gasteiger partial charge in [0, 0.05) is 16.9 Å². The van der Waals surface area contributed by atoms with Gasteiger partial charge in [0.15, 0.2) is 0 Å². The minimum Gasteiger partial charge on any atom is -0.294 e. The molecule has 0 radical (unpaired) electrons. The summed E-state index contributed by atoms with van der Waals surface area (Å²) < 4.78 is 0. The summed E-state index contributed by atoms with van der Waals surface area (Å²) in [4.78, 5) is 7.38. The maximum absolute atomic E-state index is 4.77. The number of nitrogens with zero attached hydrogens (tertiary/aromatic N) is 2. The molecule has 0 saturated carbocycles. The molecule has 20 heavy (non-hydrogen) atoms. The molecule has 1 fully saturated rings. The third-order valence-corrected chi connectivity index (χ3v) is 4.89. The third kappa shape index (κ3) is 2.98. The van der Waals surface area contributed by atoms with Crippen molar-refractivity contribution in [2.45, 2.75) is 59.9 Å². The van der Waals surface area contributed by atoms with Gasteiger partial charge in [-0.05, 0) is 77.2 Å². The van der Waals surface area contributed by atoms with Crippen molar-refractivity contribution in [3.8, 4) is 0 Å². The van der Waals surface area contributed by atoms with E-state index in [0.29, 0.717) is 0 Å². The molecule has 4 heteroatoms. The highest BCUT2D eigenvalue weighted by Gasteiger charge is 2.39. The first-order chi connectivity index (χ1) is 8.41. The van der Waals surface area contributed by atoms with E-state index >= 15 is 0 Å². The van der Waals surface area contributed by atoms with Crippen LogP contribution in [0.3, 0.4) is 0 Å². The highest BCUT2D eigenvalue weighted by molar-refractivity contribution is 5.85. The molecule has 1 aliphatic heterocycles. The number of aromatic nitrogens is 1. The fraction of sp³-hybridized carbons (Fsp3) is 0.688. The Morgan fingerprint density at radius 2 is 1.65 bits per heavy atom. The molecular formula is C16H28Cl2N2. The maximum Gasteiger partial charge on any atom is 0.0453 e. The second kappa shape index (κ2) is 7.11. The van der Waals surface area contributed by atoms with E-state index in [2.05, 4.69) is 46.4 Å². The lowest BCUT2D eigenvalue weighted by atomic mass is 9.83. The van der Waals surface area contributed by atoms with E-state index in [4.69, 9.17) is 4.98 Å². The maximum atomic E-state index is 4.77. The number of rotatable bonds is 2. The fourth-order valence-electron chi connectivity index (χ4n) is 3.72. The van der Waals surface area contributed by atoms with Crippen LogP contribution >= 0.6 is 24.8 Å². The predicted molar refractivity (Wildman–Crippen MR) is 91.5 cm³/mol. The summed E-state index contributed by atoms with van der Waals surface area (Å²) in [5.74, 6) is 0. The van der Waals surface area contributed by atoms with E-state index in [9.17, 15) is 0 Å². The lowest BCUT2D eigenvalue weighted by molar-refractivity contribution is 0.163. The van der Waals surface area contributed by atoms with Gasteiger partial charge >= 0.3 is 0 Å². The molecule has 1 aromatic rings. The van der Waals surface area contributed by atoms with Gasteiger partial charge in [0.25, 0.3) is 0 Å². The second-order valence-corrected chi connectivity index (χ2v) is 5.86. The minimum absolute atomic E-state index is 0. The highest BCUT2D eigenvalue weighted by atomic mass is 35.5. The van der Waals surface area contributed by atoms with Crippen molar-refractivity contribution in [2.24, 2.45) is 0 Å². The van der Waals surface area contributed by atoms with Crippen LogP contribution in [0, 0.1) is 27.7 Å². The van der Waals surface area contributed by atoms with E-state index in [1.165, 1.54) is 47.5 Å². The van der Waals surface area contributed by atoms with Crippen molar-refractivity contribution >= 4 is 24.8 Å². The van der Waals surface area contributed by atoms with Gasteiger partial charge in [-0.25, -0.2) is 0 Å². The number of likely N-dealkylation sites (tertiary alicyclic amines) is 1. The minimum atomic E-state index is 0. The summed E-state index contributed by atoms with van der Waals surface area (Å²) in [6.07, 6.45) is 2.56. The summed E-state index contributed by atoms with van der Waals surface area (Å²) in [6, 6.07) is 0. The van der Waals surface area contributed by atoms with Crippen molar-refractivity contribution in [2.75, 3.05) is 13.1 Å². The molecule has 2 rings (SSSR count). The predicted octanol–water partition coefficient (Wildman–Crippen LogP) is 4.49. The molecule has 1 aromatic heterocycles. The molecule has 1 saturated heterocycles. The lowest BCUT2D eigenvalue weighted by Gasteiger charge is -2.37. The topological polar surface area (TPSA) is 16.1 Å². The van der Waals surface area contributed by atoms with E-state index in [-0.39, 0.29) is 30.4 Å². The van der Waals surface area contributed by atoms with Gasteiger partial charge in [-0.15, -0.1) is 24.8 Å². The van der Waals surface area contributed by atoms with Crippen LogP contribution < -0.4 is 0 Å². The summed E-state index contributed by atoms with van der Waals surface area (Å²) in [6.45, 7) is 15.8. The van der Waals surface area contributed by atoms with Crippen LogP contribution in [0.1, 0.15) is 54.8 Å². The molecule has 116 valence electrons. The molecule has 0 spiro atoms. The first kappa shape index (κ1) is 19.7. The Hall–Kier alpha value is -0.310. The van der Waals surface area contributed by atoms with Crippen LogP contribution in [0.2, 0.25) is 0 Å². The zero-order valence-corrected chi connectivity index (χ0v) is 15.2. The van der Waals surface area contributed by atoms with E-state index < -0.39 is 0 Å². The van der Waals surface area contributed by atoms with Crippen LogP contribution in [-0.2, 0) is 5.54 Å².